The van der Waals surface area contributed by atoms with E-state index >= 15 is 0 Å². The summed E-state index contributed by atoms with van der Waals surface area (Å²) in [4.78, 5) is 11.8. The van der Waals surface area contributed by atoms with E-state index in [-0.39, 0.29) is 5.91 Å². The molecule has 6 nitrogen and oxygen atoms in total. The number of carbonyl (C=O) groups excluding carboxylic acids is 1. The van der Waals surface area contributed by atoms with E-state index in [1.807, 2.05) is 6.92 Å². The molecule has 0 radical (unpaired) electrons. The molecule has 0 fully saturated rings. The molecule has 0 saturated heterocycles. The van der Waals surface area contributed by atoms with Crippen LogP contribution in [0.4, 0.5) is 11.4 Å². The molecular formula is C12H18ClN3O3S. The number of anilines is 2. The molecule has 20 heavy (non-hydrogen) atoms. The van der Waals surface area contributed by atoms with Gasteiger partial charge in [0.2, 0.25) is 15.9 Å². The van der Waals surface area contributed by atoms with Crippen LogP contribution in [0, 0.1) is 0 Å². The Morgan fingerprint density at radius 3 is 2.65 bits per heavy atom. The van der Waals surface area contributed by atoms with Crippen LogP contribution >= 0.6 is 11.6 Å². The molecule has 0 spiro atoms. The van der Waals surface area contributed by atoms with Gasteiger partial charge in [0.05, 0.1) is 28.7 Å². The van der Waals surface area contributed by atoms with E-state index < -0.39 is 16.1 Å². The summed E-state index contributed by atoms with van der Waals surface area (Å²) in [5, 5.41) is 2.90. The van der Waals surface area contributed by atoms with Gasteiger partial charge in [0, 0.05) is 0 Å². The molecule has 1 amide bonds. The first-order valence-corrected chi connectivity index (χ1v) is 8.33. The average molecular weight is 320 g/mol. The van der Waals surface area contributed by atoms with E-state index in [0.29, 0.717) is 22.8 Å². The summed E-state index contributed by atoms with van der Waals surface area (Å²) in [7, 11) is -3.39. The van der Waals surface area contributed by atoms with Crippen LogP contribution in [0.25, 0.3) is 0 Å². The van der Waals surface area contributed by atoms with Crippen molar-refractivity contribution in [2.24, 2.45) is 5.73 Å². The minimum absolute atomic E-state index is 0.307. The number of hydrogen-bond acceptors (Lipinski definition) is 4. The lowest BCUT2D eigenvalue weighted by Gasteiger charge is -2.13. The number of sulfonamides is 1. The van der Waals surface area contributed by atoms with Gasteiger partial charge in [-0.2, -0.15) is 0 Å². The molecule has 1 aromatic carbocycles. The first-order chi connectivity index (χ1) is 9.23. The highest BCUT2D eigenvalue weighted by Crippen LogP contribution is 2.26. The van der Waals surface area contributed by atoms with Gasteiger partial charge in [-0.15, -0.1) is 0 Å². The Hall–Kier alpha value is -1.31. The van der Waals surface area contributed by atoms with Crippen LogP contribution in [0.3, 0.4) is 0 Å². The fourth-order valence-corrected chi connectivity index (χ4v) is 2.29. The normalized spacial score (nSPS) is 12.8. The van der Waals surface area contributed by atoms with Crippen LogP contribution < -0.4 is 15.8 Å². The summed E-state index contributed by atoms with van der Waals surface area (Å²) in [5.74, 6) is -0.356. The van der Waals surface area contributed by atoms with E-state index in [4.69, 9.17) is 17.3 Å². The van der Waals surface area contributed by atoms with Crippen LogP contribution in [0.2, 0.25) is 5.02 Å². The fourth-order valence-electron chi connectivity index (χ4n) is 1.57. The minimum Gasteiger partial charge on any atom is -0.323 e. The van der Waals surface area contributed by atoms with Crippen molar-refractivity contribution in [3.8, 4) is 0 Å². The topological polar surface area (TPSA) is 101 Å². The van der Waals surface area contributed by atoms with Gasteiger partial charge in [-0.3, -0.25) is 9.52 Å². The number of nitrogens with one attached hydrogen (secondary N) is 2. The lowest BCUT2D eigenvalue weighted by Crippen LogP contribution is -2.35. The Balaban J connectivity index is 2.89. The van der Waals surface area contributed by atoms with Gasteiger partial charge >= 0.3 is 0 Å². The Morgan fingerprint density at radius 2 is 2.10 bits per heavy atom. The summed E-state index contributed by atoms with van der Waals surface area (Å²) in [6.07, 6.45) is 2.39. The first kappa shape index (κ1) is 16.7. The predicted octanol–water partition coefficient (Wildman–Crippen LogP) is 1.78. The Kier molecular flexibility index (Phi) is 5.79. The summed E-state index contributed by atoms with van der Waals surface area (Å²) in [6, 6.07) is 3.82. The van der Waals surface area contributed by atoms with Gasteiger partial charge in [-0.25, -0.2) is 8.42 Å². The van der Waals surface area contributed by atoms with Crippen molar-refractivity contribution in [3.05, 3.63) is 23.2 Å². The fraction of sp³-hybridized carbons (Fsp3) is 0.417. The van der Waals surface area contributed by atoms with Crippen molar-refractivity contribution in [2.75, 3.05) is 16.3 Å². The monoisotopic (exact) mass is 319 g/mol. The molecule has 0 saturated carbocycles. The van der Waals surface area contributed by atoms with Gasteiger partial charge in [-0.05, 0) is 24.6 Å². The highest BCUT2D eigenvalue weighted by molar-refractivity contribution is 7.92. The molecule has 0 aliphatic heterocycles. The summed E-state index contributed by atoms with van der Waals surface area (Å²) in [5.41, 5.74) is 6.33. The zero-order valence-electron chi connectivity index (χ0n) is 11.3. The number of hydrogen-bond donors (Lipinski definition) is 3. The molecule has 1 atom stereocenters. The van der Waals surface area contributed by atoms with Gasteiger partial charge in [-0.1, -0.05) is 24.9 Å². The molecular weight excluding hydrogens is 302 g/mol. The highest BCUT2D eigenvalue weighted by Gasteiger charge is 2.14. The van der Waals surface area contributed by atoms with Crippen molar-refractivity contribution in [1.29, 1.82) is 0 Å². The lowest BCUT2D eigenvalue weighted by atomic mass is 10.1. The summed E-state index contributed by atoms with van der Waals surface area (Å²) < 4.78 is 24.6. The number of amides is 1. The second-order valence-electron chi connectivity index (χ2n) is 4.45. The second kappa shape index (κ2) is 6.92. The third-order valence-corrected chi connectivity index (χ3v) is 3.40. The maximum absolute atomic E-state index is 11.8. The molecule has 0 aliphatic rings. The maximum Gasteiger partial charge on any atom is 0.241 e. The van der Waals surface area contributed by atoms with Crippen LogP contribution in [0.15, 0.2) is 18.2 Å². The minimum atomic E-state index is -3.39. The molecule has 1 aromatic rings. The van der Waals surface area contributed by atoms with Crippen molar-refractivity contribution < 1.29 is 13.2 Å². The van der Waals surface area contributed by atoms with Crippen LogP contribution in [-0.4, -0.2) is 26.6 Å². The summed E-state index contributed by atoms with van der Waals surface area (Å²) in [6.45, 7) is 1.93. The standard InChI is InChI=1S/C12H18ClN3O3S/c1-3-4-10(14)12(17)15-11-7-8(5-6-9(11)13)16-20(2,18)19/h5-7,10,16H,3-4,14H2,1-2H3,(H,15,17)/t10-/m0/s1. The number of halogens is 1. The number of nitrogens with two attached hydrogens (primary N) is 1. The molecule has 4 N–H and O–H groups in total. The Bertz CT molecular complexity index is 590. The maximum atomic E-state index is 11.8. The van der Waals surface area contributed by atoms with Gasteiger partial charge in [0.1, 0.15) is 0 Å². The SMILES string of the molecule is CCC[C@H](N)C(=O)Nc1cc(NS(C)(=O)=O)ccc1Cl. The van der Waals surface area contributed by atoms with E-state index in [1.54, 1.807) is 0 Å². The van der Waals surface area contributed by atoms with Gasteiger partial charge < -0.3 is 11.1 Å². The van der Waals surface area contributed by atoms with E-state index in [1.165, 1.54) is 18.2 Å². The van der Waals surface area contributed by atoms with Gasteiger partial charge in [0.15, 0.2) is 0 Å². The van der Waals surface area contributed by atoms with Crippen LogP contribution in [-0.2, 0) is 14.8 Å². The van der Waals surface area contributed by atoms with Crippen molar-refractivity contribution in [3.63, 3.8) is 0 Å². The zero-order valence-corrected chi connectivity index (χ0v) is 12.9. The van der Waals surface area contributed by atoms with E-state index in [9.17, 15) is 13.2 Å². The second-order valence-corrected chi connectivity index (χ2v) is 6.61. The van der Waals surface area contributed by atoms with Crippen molar-refractivity contribution in [2.45, 2.75) is 25.8 Å². The molecule has 0 aliphatic carbocycles. The van der Waals surface area contributed by atoms with Crippen LogP contribution in [0.1, 0.15) is 19.8 Å². The Morgan fingerprint density at radius 1 is 1.45 bits per heavy atom. The van der Waals surface area contributed by atoms with E-state index in [2.05, 4.69) is 10.0 Å². The molecule has 0 unspecified atom stereocenters. The lowest BCUT2D eigenvalue weighted by molar-refractivity contribution is -0.117. The number of benzene rings is 1. The molecule has 8 heteroatoms. The zero-order chi connectivity index (χ0) is 15.3. The largest absolute Gasteiger partial charge is 0.323 e. The number of rotatable bonds is 6. The predicted molar refractivity (Wildman–Crippen MR) is 81.4 cm³/mol. The molecule has 0 bridgehead atoms. The van der Waals surface area contributed by atoms with Gasteiger partial charge in [0.25, 0.3) is 0 Å². The van der Waals surface area contributed by atoms with Crippen molar-refractivity contribution in [1.82, 2.24) is 0 Å². The Labute approximate surface area is 123 Å². The first-order valence-electron chi connectivity index (χ1n) is 6.06. The highest BCUT2D eigenvalue weighted by atomic mass is 35.5. The molecule has 112 valence electrons. The third-order valence-electron chi connectivity index (χ3n) is 2.46. The molecule has 1 rings (SSSR count). The average Bonchev–Trinajstić information content (AvgIpc) is 2.31. The van der Waals surface area contributed by atoms with Crippen LogP contribution in [0.5, 0.6) is 0 Å². The third kappa shape index (κ3) is 5.36. The quantitative estimate of drug-likeness (QED) is 0.743. The summed E-state index contributed by atoms with van der Waals surface area (Å²) >= 11 is 5.96. The molecule has 0 aromatic heterocycles. The smallest absolute Gasteiger partial charge is 0.241 e. The van der Waals surface area contributed by atoms with E-state index in [0.717, 1.165) is 12.7 Å². The number of carbonyl (C=O) groups is 1. The molecule has 0 heterocycles. The van der Waals surface area contributed by atoms with Crippen molar-refractivity contribution >= 4 is 38.9 Å².